The van der Waals surface area contributed by atoms with E-state index in [1.165, 1.54) is 24.8 Å². The summed E-state index contributed by atoms with van der Waals surface area (Å²) in [5.74, 6) is 0. The second kappa shape index (κ2) is 4.58. The number of nitrogens with zero attached hydrogens (tertiary/aromatic N) is 1. The normalized spacial score (nSPS) is 22.9. The number of rotatable bonds is 2. The van der Waals surface area contributed by atoms with Crippen molar-refractivity contribution in [1.82, 2.24) is 4.90 Å². The van der Waals surface area contributed by atoms with E-state index in [0.29, 0.717) is 0 Å². The molecular formula is C16H26N2. The first-order valence-corrected chi connectivity index (χ1v) is 6.93. The van der Waals surface area contributed by atoms with E-state index in [0.717, 1.165) is 12.2 Å². The Kier molecular flexibility index (Phi) is 3.41. The lowest BCUT2D eigenvalue weighted by atomic mass is 9.79. The van der Waals surface area contributed by atoms with Gasteiger partial charge in [0.25, 0.3) is 0 Å². The van der Waals surface area contributed by atoms with Crippen molar-refractivity contribution in [1.29, 1.82) is 0 Å². The van der Waals surface area contributed by atoms with Gasteiger partial charge in [-0.15, -0.1) is 0 Å². The van der Waals surface area contributed by atoms with Gasteiger partial charge in [0.05, 0.1) is 0 Å². The molecule has 100 valence electrons. The summed E-state index contributed by atoms with van der Waals surface area (Å²) in [5, 5.41) is 0. The molecule has 0 aromatic heterocycles. The average Bonchev–Trinajstić information content (AvgIpc) is 2.25. The van der Waals surface area contributed by atoms with Crippen LogP contribution in [-0.4, -0.2) is 16.0 Å². The molecule has 18 heavy (non-hydrogen) atoms. The van der Waals surface area contributed by atoms with Gasteiger partial charge in [-0.25, -0.2) is 0 Å². The molecule has 0 saturated carbocycles. The van der Waals surface area contributed by atoms with Crippen molar-refractivity contribution in [3.8, 4) is 0 Å². The molecule has 1 aromatic carbocycles. The fourth-order valence-corrected chi connectivity index (χ4v) is 3.28. The summed E-state index contributed by atoms with van der Waals surface area (Å²) in [6.07, 6.45) is 3.90. The van der Waals surface area contributed by atoms with Crippen LogP contribution in [0.25, 0.3) is 0 Å². The zero-order chi connectivity index (χ0) is 13.4. The third-order valence-corrected chi connectivity index (χ3v) is 4.36. The molecule has 1 saturated heterocycles. The molecule has 0 unspecified atom stereocenters. The Morgan fingerprint density at radius 3 is 2.00 bits per heavy atom. The summed E-state index contributed by atoms with van der Waals surface area (Å²) in [6, 6.07) is 8.30. The average molecular weight is 246 g/mol. The Hall–Kier alpha value is -1.02. The van der Waals surface area contributed by atoms with Gasteiger partial charge < -0.3 is 5.73 Å². The first kappa shape index (κ1) is 13.4. The Morgan fingerprint density at radius 1 is 1.00 bits per heavy atom. The number of benzene rings is 1. The van der Waals surface area contributed by atoms with Gasteiger partial charge in [0.1, 0.15) is 0 Å². The minimum Gasteiger partial charge on any atom is -0.399 e. The van der Waals surface area contributed by atoms with Crippen LogP contribution in [0.4, 0.5) is 5.69 Å². The van der Waals surface area contributed by atoms with Crippen LogP contribution < -0.4 is 5.73 Å². The molecule has 1 fully saturated rings. The summed E-state index contributed by atoms with van der Waals surface area (Å²) in [7, 11) is 0. The number of piperidine rings is 1. The number of likely N-dealkylation sites (tertiary alicyclic amines) is 1. The Bertz CT molecular complexity index is 388. The topological polar surface area (TPSA) is 29.3 Å². The molecule has 1 heterocycles. The van der Waals surface area contributed by atoms with Crippen LogP contribution in [-0.2, 0) is 6.54 Å². The lowest BCUT2D eigenvalue weighted by Gasteiger charge is -2.53. The van der Waals surface area contributed by atoms with E-state index in [1.54, 1.807) is 0 Å². The van der Waals surface area contributed by atoms with Gasteiger partial charge in [-0.05, 0) is 64.7 Å². The largest absolute Gasteiger partial charge is 0.399 e. The van der Waals surface area contributed by atoms with Crippen molar-refractivity contribution in [2.24, 2.45) is 0 Å². The number of nitrogens with two attached hydrogens (primary N) is 1. The number of anilines is 1. The quantitative estimate of drug-likeness (QED) is 0.804. The Labute approximate surface area is 111 Å². The second-order valence-electron chi connectivity index (χ2n) is 6.81. The van der Waals surface area contributed by atoms with Crippen molar-refractivity contribution in [3.63, 3.8) is 0 Å². The SMILES string of the molecule is CC1(C)CCCC(C)(C)N1Cc1ccc(N)cc1. The highest BCUT2D eigenvalue weighted by molar-refractivity contribution is 5.39. The first-order chi connectivity index (χ1) is 8.31. The van der Waals surface area contributed by atoms with Crippen LogP contribution in [0.1, 0.15) is 52.5 Å². The summed E-state index contributed by atoms with van der Waals surface area (Å²) >= 11 is 0. The summed E-state index contributed by atoms with van der Waals surface area (Å²) in [5.41, 5.74) is 8.51. The van der Waals surface area contributed by atoms with Crippen LogP contribution >= 0.6 is 0 Å². The molecule has 1 aliphatic rings. The van der Waals surface area contributed by atoms with Crippen molar-refractivity contribution >= 4 is 5.69 Å². The number of hydrogen-bond donors (Lipinski definition) is 1. The zero-order valence-electron chi connectivity index (χ0n) is 12.2. The molecular weight excluding hydrogens is 220 g/mol. The van der Waals surface area contributed by atoms with E-state index in [-0.39, 0.29) is 11.1 Å². The van der Waals surface area contributed by atoms with Crippen LogP contribution in [0, 0.1) is 0 Å². The molecule has 0 atom stereocenters. The van der Waals surface area contributed by atoms with E-state index in [1.807, 2.05) is 12.1 Å². The molecule has 2 nitrogen and oxygen atoms in total. The Balaban J connectivity index is 2.21. The maximum atomic E-state index is 5.75. The van der Waals surface area contributed by atoms with Gasteiger partial charge in [-0.2, -0.15) is 0 Å². The van der Waals surface area contributed by atoms with E-state index in [2.05, 4.69) is 44.7 Å². The highest BCUT2D eigenvalue weighted by atomic mass is 15.3. The third-order valence-electron chi connectivity index (χ3n) is 4.36. The van der Waals surface area contributed by atoms with E-state index in [4.69, 9.17) is 5.73 Å². The molecule has 0 amide bonds. The van der Waals surface area contributed by atoms with Gasteiger partial charge in [-0.3, -0.25) is 4.90 Å². The molecule has 0 spiro atoms. The molecule has 1 aliphatic heterocycles. The predicted molar refractivity (Wildman–Crippen MR) is 78.4 cm³/mol. The molecule has 0 bridgehead atoms. The van der Waals surface area contributed by atoms with Crippen LogP contribution in [0.2, 0.25) is 0 Å². The predicted octanol–water partition coefficient (Wildman–Crippen LogP) is 3.81. The monoisotopic (exact) mass is 246 g/mol. The van der Waals surface area contributed by atoms with Crippen molar-refractivity contribution < 1.29 is 0 Å². The molecule has 2 heteroatoms. The fraction of sp³-hybridized carbons (Fsp3) is 0.625. The molecule has 2 rings (SSSR count). The standard InChI is InChI=1S/C16H26N2/c1-15(2)10-5-11-16(3,4)18(15)12-13-6-8-14(17)9-7-13/h6-9H,5,10-12,17H2,1-4H3. The fourth-order valence-electron chi connectivity index (χ4n) is 3.28. The van der Waals surface area contributed by atoms with Gasteiger partial charge >= 0.3 is 0 Å². The molecule has 2 N–H and O–H groups in total. The maximum absolute atomic E-state index is 5.75. The van der Waals surface area contributed by atoms with Gasteiger partial charge in [0.15, 0.2) is 0 Å². The van der Waals surface area contributed by atoms with Gasteiger partial charge in [-0.1, -0.05) is 12.1 Å². The van der Waals surface area contributed by atoms with Crippen molar-refractivity contribution in [2.45, 2.75) is 64.6 Å². The first-order valence-electron chi connectivity index (χ1n) is 6.93. The van der Waals surface area contributed by atoms with Gasteiger partial charge in [0.2, 0.25) is 0 Å². The molecule has 0 aliphatic carbocycles. The lowest BCUT2D eigenvalue weighted by Crippen LogP contribution is -2.57. The minimum atomic E-state index is 0.281. The third kappa shape index (κ3) is 2.69. The molecule has 1 aromatic rings. The summed E-state index contributed by atoms with van der Waals surface area (Å²) in [4.78, 5) is 2.65. The maximum Gasteiger partial charge on any atom is 0.0314 e. The van der Waals surface area contributed by atoms with Crippen molar-refractivity contribution in [2.75, 3.05) is 5.73 Å². The van der Waals surface area contributed by atoms with Gasteiger partial charge in [0, 0.05) is 23.3 Å². The van der Waals surface area contributed by atoms with Crippen LogP contribution in [0.3, 0.4) is 0 Å². The molecule has 0 radical (unpaired) electrons. The zero-order valence-corrected chi connectivity index (χ0v) is 12.2. The number of hydrogen-bond acceptors (Lipinski definition) is 2. The second-order valence-corrected chi connectivity index (χ2v) is 6.81. The summed E-state index contributed by atoms with van der Waals surface area (Å²) in [6.45, 7) is 10.5. The number of nitrogen functional groups attached to an aromatic ring is 1. The van der Waals surface area contributed by atoms with Crippen LogP contribution in [0.5, 0.6) is 0 Å². The summed E-state index contributed by atoms with van der Waals surface area (Å²) < 4.78 is 0. The van der Waals surface area contributed by atoms with E-state index >= 15 is 0 Å². The Morgan fingerprint density at radius 2 is 1.50 bits per heavy atom. The van der Waals surface area contributed by atoms with Crippen LogP contribution in [0.15, 0.2) is 24.3 Å². The van der Waals surface area contributed by atoms with Crippen molar-refractivity contribution in [3.05, 3.63) is 29.8 Å². The minimum absolute atomic E-state index is 0.281. The highest BCUT2D eigenvalue weighted by Gasteiger charge is 2.40. The lowest BCUT2D eigenvalue weighted by molar-refractivity contribution is -0.0340. The smallest absolute Gasteiger partial charge is 0.0314 e. The highest BCUT2D eigenvalue weighted by Crippen LogP contribution is 2.39. The van der Waals surface area contributed by atoms with E-state index < -0.39 is 0 Å². The van der Waals surface area contributed by atoms with E-state index in [9.17, 15) is 0 Å².